The smallest absolute Gasteiger partial charge is 0.323 e. The molecular weight excluding hydrogens is 230 g/mol. The first-order valence-electron chi connectivity index (χ1n) is 6.47. The van der Waals surface area contributed by atoms with Gasteiger partial charge in [-0.3, -0.25) is 0 Å². The van der Waals surface area contributed by atoms with Crippen molar-refractivity contribution in [1.29, 1.82) is 0 Å². The molecule has 1 aliphatic rings. The van der Waals surface area contributed by atoms with Crippen LogP contribution in [0.25, 0.3) is 0 Å². The molecule has 0 unspecified atom stereocenters. The van der Waals surface area contributed by atoms with E-state index in [9.17, 15) is 0 Å². The molecule has 1 fully saturated rings. The second-order valence-electron chi connectivity index (χ2n) is 4.76. The Hall–Kier alpha value is -1.59. The first-order valence-corrected chi connectivity index (χ1v) is 6.47. The van der Waals surface area contributed by atoms with Crippen LogP contribution in [0, 0.1) is 0 Å². The van der Waals surface area contributed by atoms with Crippen LogP contribution in [0.1, 0.15) is 32.1 Å². The van der Waals surface area contributed by atoms with Gasteiger partial charge in [0.1, 0.15) is 6.10 Å². The van der Waals surface area contributed by atoms with Crippen LogP contribution in [-0.2, 0) is 0 Å². The monoisotopic (exact) mass is 251 g/mol. The molecule has 6 heteroatoms. The van der Waals surface area contributed by atoms with E-state index in [1.54, 1.807) is 7.05 Å². The van der Waals surface area contributed by atoms with Gasteiger partial charge in [0.25, 0.3) is 0 Å². The van der Waals surface area contributed by atoms with Crippen LogP contribution < -0.4 is 15.0 Å². The van der Waals surface area contributed by atoms with Gasteiger partial charge in [-0.1, -0.05) is 6.42 Å². The van der Waals surface area contributed by atoms with Crippen LogP contribution in [-0.4, -0.2) is 42.2 Å². The molecule has 0 bridgehead atoms. The zero-order valence-electron chi connectivity index (χ0n) is 11.3. The van der Waals surface area contributed by atoms with Crippen LogP contribution >= 0.6 is 0 Å². The number of nitrogens with zero attached hydrogens (tertiary/aromatic N) is 4. The largest absolute Gasteiger partial charge is 0.460 e. The van der Waals surface area contributed by atoms with Gasteiger partial charge in [0.15, 0.2) is 0 Å². The molecule has 0 radical (unpaired) electrons. The Balaban J connectivity index is 2.12. The normalized spacial score (nSPS) is 16.4. The van der Waals surface area contributed by atoms with Crippen LogP contribution in [0.5, 0.6) is 6.01 Å². The van der Waals surface area contributed by atoms with Gasteiger partial charge in [0.05, 0.1) is 0 Å². The van der Waals surface area contributed by atoms with Crippen LogP contribution in [0.15, 0.2) is 0 Å². The first-order chi connectivity index (χ1) is 8.69. The molecule has 1 aliphatic carbocycles. The molecule has 0 aromatic carbocycles. The Morgan fingerprint density at radius 2 is 1.83 bits per heavy atom. The maximum Gasteiger partial charge on any atom is 0.323 e. The number of anilines is 2. The summed E-state index contributed by atoms with van der Waals surface area (Å²) in [6.45, 7) is 0. The topological polar surface area (TPSA) is 63.2 Å². The van der Waals surface area contributed by atoms with Crippen molar-refractivity contribution in [3.8, 4) is 6.01 Å². The lowest BCUT2D eigenvalue weighted by molar-refractivity contribution is 0.142. The summed E-state index contributed by atoms with van der Waals surface area (Å²) < 4.78 is 5.86. The lowest BCUT2D eigenvalue weighted by Crippen LogP contribution is -2.22. The molecule has 0 atom stereocenters. The summed E-state index contributed by atoms with van der Waals surface area (Å²) in [4.78, 5) is 14.7. The molecular formula is C12H21N5O. The molecule has 1 aromatic rings. The summed E-state index contributed by atoms with van der Waals surface area (Å²) in [6, 6.07) is 0.421. The summed E-state index contributed by atoms with van der Waals surface area (Å²) in [7, 11) is 5.59. The standard InChI is InChI=1S/C12H21N5O/c1-13-10-14-11(17(2)3)16-12(15-10)18-9-7-5-4-6-8-9/h9H,4-8H2,1-3H3,(H,13,14,15,16). The third-order valence-electron chi connectivity index (χ3n) is 3.05. The van der Waals surface area contributed by atoms with Crippen molar-refractivity contribution in [3.05, 3.63) is 0 Å². The Bertz CT molecular complexity index is 390. The molecule has 0 amide bonds. The Morgan fingerprint density at radius 3 is 2.44 bits per heavy atom. The van der Waals surface area contributed by atoms with Crippen LogP contribution in [0.2, 0.25) is 0 Å². The fourth-order valence-electron chi connectivity index (χ4n) is 2.04. The number of nitrogens with one attached hydrogen (secondary N) is 1. The molecule has 1 aromatic heterocycles. The van der Waals surface area contributed by atoms with Gasteiger partial charge in [-0.15, -0.1) is 0 Å². The predicted molar refractivity (Wildman–Crippen MR) is 71.2 cm³/mol. The van der Waals surface area contributed by atoms with E-state index in [1.165, 1.54) is 19.3 Å². The quantitative estimate of drug-likeness (QED) is 0.878. The fraction of sp³-hybridized carbons (Fsp3) is 0.750. The van der Waals surface area contributed by atoms with Gasteiger partial charge in [-0.05, 0) is 25.7 Å². The van der Waals surface area contributed by atoms with E-state index in [2.05, 4.69) is 20.3 Å². The van der Waals surface area contributed by atoms with E-state index in [0.29, 0.717) is 17.9 Å². The van der Waals surface area contributed by atoms with Crippen molar-refractivity contribution in [2.24, 2.45) is 0 Å². The number of aromatic nitrogens is 3. The van der Waals surface area contributed by atoms with Gasteiger partial charge >= 0.3 is 6.01 Å². The Labute approximate surface area is 108 Å². The average Bonchev–Trinajstić information content (AvgIpc) is 2.39. The third kappa shape index (κ3) is 3.21. The number of ether oxygens (including phenoxy) is 1. The molecule has 1 N–H and O–H groups in total. The second kappa shape index (κ2) is 5.84. The van der Waals surface area contributed by atoms with Crippen molar-refractivity contribution in [2.75, 3.05) is 31.4 Å². The van der Waals surface area contributed by atoms with Crippen molar-refractivity contribution in [3.63, 3.8) is 0 Å². The Morgan fingerprint density at radius 1 is 1.11 bits per heavy atom. The summed E-state index contributed by atoms with van der Waals surface area (Å²) >= 11 is 0. The molecule has 1 heterocycles. The van der Waals surface area contributed by atoms with Gasteiger partial charge < -0.3 is 15.0 Å². The molecule has 2 rings (SSSR count). The summed E-state index contributed by atoms with van der Waals surface area (Å²) in [5, 5.41) is 2.93. The summed E-state index contributed by atoms with van der Waals surface area (Å²) in [5.74, 6) is 1.15. The minimum Gasteiger partial charge on any atom is -0.460 e. The lowest BCUT2D eigenvalue weighted by Gasteiger charge is -2.22. The van der Waals surface area contributed by atoms with Crippen molar-refractivity contribution in [2.45, 2.75) is 38.2 Å². The average molecular weight is 251 g/mol. The minimum absolute atomic E-state index is 0.251. The van der Waals surface area contributed by atoms with Crippen LogP contribution in [0.4, 0.5) is 11.9 Å². The van der Waals surface area contributed by atoms with Gasteiger partial charge in [-0.25, -0.2) is 0 Å². The van der Waals surface area contributed by atoms with Gasteiger partial charge in [0, 0.05) is 21.1 Å². The number of rotatable bonds is 4. The van der Waals surface area contributed by atoms with E-state index in [0.717, 1.165) is 12.8 Å². The third-order valence-corrected chi connectivity index (χ3v) is 3.05. The molecule has 0 aliphatic heterocycles. The van der Waals surface area contributed by atoms with E-state index in [4.69, 9.17) is 4.74 Å². The minimum atomic E-state index is 0.251. The lowest BCUT2D eigenvalue weighted by atomic mass is 9.98. The van der Waals surface area contributed by atoms with Crippen molar-refractivity contribution in [1.82, 2.24) is 15.0 Å². The molecule has 1 saturated carbocycles. The highest BCUT2D eigenvalue weighted by Gasteiger charge is 2.17. The van der Waals surface area contributed by atoms with E-state index < -0.39 is 0 Å². The van der Waals surface area contributed by atoms with Crippen molar-refractivity contribution >= 4 is 11.9 Å². The fourth-order valence-corrected chi connectivity index (χ4v) is 2.04. The molecule has 0 spiro atoms. The molecule has 6 nitrogen and oxygen atoms in total. The van der Waals surface area contributed by atoms with E-state index >= 15 is 0 Å². The molecule has 0 saturated heterocycles. The maximum absolute atomic E-state index is 5.86. The van der Waals surface area contributed by atoms with Crippen LogP contribution in [0.3, 0.4) is 0 Å². The van der Waals surface area contributed by atoms with E-state index in [1.807, 2.05) is 19.0 Å². The summed E-state index contributed by atoms with van der Waals surface area (Å²) in [6.07, 6.45) is 6.21. The van der Waals surface area contributed by atoms with E-state index in [-0.39, 0.29) is 6.10 Å². The molecule has 100 valence electrons. The highest BCUT2D eigenvalue weighted by Crippen LogP contribution is 2.22. The first kappa shape index (κ1) is 12.9. The Kier molecular flexibility index (Phi) is 4.17. The van der Waals surface area contributed by atoms with Gasteiger partial charge in [0.2, 0.25) is 11.9 Å². The maximum atomic E-state index is 5.86. The summed E-state index contributed by atoms with van der Waals surface area (Å²) in [5.41, 5.74) is 0. The highest BCUT2D eigenvalue weighted by atomic mass is 16.5. The number of hydrogen-bond acceptors (Lipinski definition) is 6. The van der Waals surface area contributed by atoms with Gasteiger partial charge in [-0.2, -0.15) is 15.0 Å². The highest BCUT2D eigenvalue weighted by molar-refractivity contribution is 5.36. The van der Waals surface area contributed by atoms with Crippen molar-refractivity contribution < 1.29 is 4.74 Å². The number of hydrogen-bond donors (Lipinski definition) is 1. The molecule has 18 heavy (non-hydrogen) atoms. The zero-order valence-corrected chi connectivity index (χ0v) is 11.3. The second-order valence-corrected chi connectivity index (χ2v) is 4.76. The predicted octanol–water partition coefficient (Wildman–Crippen LogP) is 1.69. The SMILES string of the molecule is CNc1nc(OC2CCCCC2)nc(N(C)C)n1. The zero-order chi connectivity index (χ0) is 13.0.